The van der Waals surface area contributed by atoms with E-state index in [9.17, 15) is 0 Å². The summed E-state index contributed by atoms with van der Waals surface area (Å²) in [6.07, 6.45) is 0. The fourth-order valence-corrected chi connectivity index (χ4v) is 3.01. The van der Waals surface area contributed by atoms with E-state index in [1.807, 2.05) is 12.1 Å². The van der Waals surface area contributed by atoms with Gasteiger partial charge in [0.2, 0.25) is 0 Å². The minimum atomic E-state index is 0.420. The molecular formula is C19H23N5. The Morgan fingerprint density at radius 1 is 1.17 bits per heavy atom. The van der Waals surface area contributed by atoms with Gasteiger partial charge in [0.05, 0.1) is 0 Å². The monoisotopic (exact) mass is 321 g/mol. The minimum Gasteiger partial charge on any atom is -0.369 e. The second-order valence-corrected chi connectivity index (χ2v) is 6.07. The van der Waals surface area contributed by atoms with Gasteiger partial charge in [0.1, 0.15) is 17.6 Å². The molecule has 0 bridgehead atoms. The SMILES string of the molecule is CCN1CCN(c2ccc(Nc3cccc(C#N)n3)c(C)c2)CC1. The van der Waals surface area contributed by atoms with Crippen LogP contribution in [-0.2, 0) is 0 Å². The first-order valence-corrected chi connectivity index (χ1v) is 8.41. The van der Waals surface area contributed by atoms with Gasteiger partial charge in [-0.2, -0.15) is 5.26 Å². The Balaban J connectivity index is 1.72. The molecule has 1 fully saturated rings. The van der Waals surface area contributed by atoms with Crippen LogP contribution in [0.1, 0.15) is 18.2 Å². The van der Waals surface area contributed by atoms with Crippen molar-refractivity contribution >= 4 is 17.2 Å². The normalized spacial score (nSPS) is 15.1. The van der Waals surface area contributed by atoms with Gasteiger partial charge in [-0.3, -0.25) is 0 Å². The van der Waals surface area contributed by atoms with E-state index >= 15 is 0 Å². The van der Waals surface area contributed by atoms with E-state index in [1.165, 1.54) is 11.3 Å². The highest BCUT2D eigenvalue weighted by Crippen LogP contribution is 2.25. The van der Waals surface area contributed by atoms with Crippen molar-refractivity contribution in [3.63, 3.8) is 0 Å². The Labute approximate surface area is 143 Å². The quantitative estimate of drug-likeness (QED) is 0.937. The third-order valence-electron chi connectivity index (χ3n) is 4.52. The van der Waals surface area contributed by atoms with E-state index in [2.05, 4.69) is 58.2 Å². The molecule has 0 saturated carbocycles. The first-order valence-electron chi connectivity index (χ1n) is 8.41. The van der Waals surface area contributed by atoms with Gasteiger partial charge in [0.15, 0.2) is 0 Å². The van der Waals surface area contributed by atoms with Crippen LogP contribution in [0.15, 0.2) is 36.4 Å². The van der Waals surface area contributed by atoms with Crippen LogP contribution in [-0.4, -0.2) is 42.6 Å². The zero-order valence-corrected chi connectivity index (χ0v) is 14.3. The molecule has 2 heterocycles. The van der Waals surface area contributed by atoms with Crippen LogP contribution in [0, 0.1) is 18.3 Å². The molecule has 0 atom stereocenters. The zero-order valence-electron chi connectivity index (χ0n) is 14.3. The van der Waals surface area contributed by atoms with Gasteiger partial charge in [-0.15, -0.1) is 0 Å². The Morgan fingerprint density at radius 3 is 2.62 bits per heavy atom. The molecule has 0 radical (unpaired) electrons. The van der Waals surface area contributed by atoms with Crippen molar-refractivity contribution in [2.45, 2.75) is 13.8 Å². The minimum absolute atomic E-state index is 0.420. The highest BCUT2D eigenvalue weighted by atomic mass is 15.3. The van der Waals surface area contributed by atoms with Crippen molar-refractivity contribution in [2.75, 3.05) is 42.9 Å². The van der Waals surface area contributed by atoms with Crippen molar-refractivity contribution in [3.05, 3.63) is 47.7 Å². The molecule has 3 rings (SSSR count). The van der Waals surface area contributed by atoms with Crippen LogP contribution >= 0.6 is 0 Å². The molecule has 1 aromatic carbocycles. The van der Waals surface area contributed by atoms with E-state index < -0.39 is 0 Å². The van der Waals surface area contributed by atoms with Crippen molar-refractivity contribution in [2.24, 2.45) is 0 Å². The summed E-state index contributed by atoms with van der Waals surface area (Å²) in [6, 6.07) is 14.0. The molecule has 1 saturated heterocycles. The van der Waals surface area contributed by atoms with Crippen LogP contribution in [0.3, 0.4) is 0 Å². The summed E-state index contributed by atoms with van der Waals surface area (Å²) in [4.78, 5) is 9.19. The Morgan fingerprint density at radius 2 is 1.96 bits per heavy atom. The first kappa shape index (κ1) is 16.3. The molecule has 5 nitrogen and oxygen atoms in total. The molecule has 0 unspecified atom stereocenters. The van der Waals surface area contributed by atoms with Crippen molar-refractivity contribution in [3.8, 4) is 6.07 Å². The molecule has 24 heavy (non-hydrogen) atoms. The van der Waals surface area contributed by atoms with Gasteiger partial charge < -0.3 is 15.1 Å². The molecule has 0 amide bonds. The highest BCUT2D eigenvalue weighted by Gasteiger charge is 2.16. The Bertz CT molecular complexity index is 742. The molecule has 0 spiro atoms. The van der Waals surface area contributed by atoms with Gasteiger partial charge >= 0.3 is 0 Å². The standard InChI is InChI=1S/C19H23N5/c1-3-23-9-11-24(12-10-23)17-7-8-18(15(2)13-17)22-19-6-4-5-16(14-20)21-19/h4-8,13H,3,9-12H2,1-2H3,(H,21,22). The van der Waals surface area contributed by atoms with Crippen LogP contribution in [0.2, 0.25) is 0 Å². The molecule has 2 aromatic rings. The van der Waals surface area contributed by atoms with E-state index in [0.717, 1.165) is 38.4 Å². The van der Waals surface area contributed by atoms with Gasteiger partial charge in [0.25, 0.3) is 0 Å². The number of likely N-dealkylation sites (N-methyl/N-ethyl adjacent to an activating group) is 1. The summed E-state index contributed by atoms with van der Waals surface area (Å²) >= 11 is 0. The van der Waals surface area contributed by atoms with Gasteiger partial charge in [-0.05, 0) is 49.4 Å². The number of benzene rings is 1. The van der Waals surface area contributed by atoms with Crippen LogP contribution in [0.4, 0.5) is 17.2 Å². The summed E-state index contributed by atoms with van der Waals surface area (Å²) < 4.78 is 0. The van der Waals surface area contributed by atoms with Gasteiger partial charge in [-0.1, -0.05) is 13.0 Å². The Kier molecular flexibility index (Phi) is 4.97. The summed E-state index contributed by atoms with van der Waals surface area (Å²) in [5, 5.41) is 12.3. The number of rotatable bonds is 4. The molecule has 124 valence electrons. The van der Waals surface area contributed by atoms with Crippen molar-refractivity contribution in [1.29, 1.82) is 5.26 Å². The topological polar surface area (TPSA) is 55.2 Å². The van der Waals surface area contributed by atoms with Gasteiger partial charge in [-0.25, -0.2) is 4.98 Å². The number of anilines is 3. The molecule has 1 aromatic heterocycles. The highest BCUT2D eigenvalue weighted by molar-refractivity contribution is 5.65. The number of piperazine rings is 1. The van der Waals surface area contributed by atoms with Gasteiger partial charge in [0, 0.05) is 37.6 Å². The maximum absolute atomic E-state index is 8.95. The lowest BCUT2D eigenvalue weighted by Gasteiger charge is -2.35. The Hall–Kier alpha value is -2.58. The predicted octanol–water partition coefficient (Wildman–Crippen LogP) is 3.15. The fraction of sp³-hybridized carbons (Fsp3) is 0.368. The zero-order chi connectivity index (χ0) is 16.9. The predicted molar refractivity (Wildman–Crippen MR) is 97.7 cm³/mol. The average molecular weight is 321 g/mol. The fourth-order valence-electron chi connectivity index (χ4n) is 3.01. The van der Waals surface area contributed by atoms with E-state index in [1.54, 1.807) is 6.07 Å². The number of aromatic nitrogens is 1. The number of nitrogens with zero attached hydrogens (tertiary/aromatic N) is 4. The lowest BCUT2D eigenvalue weighted by Crippen LogP contribution is -2.46. The third kappa shape index (κ3) is 3.66. The van der Waals surface area contributed by atoms with E-state index in [-0.39, 0.29) is 0 Å². The number of pyridine rings is 1. The summed E-state index contributed by atoms with van der Waals surface area (Å²) in [5.41, 5.74) is 3.89. The van der Waals surface area contributed by atoms with E-state index in [4.69, 9.17) is 5.26 Å². The largest absolute Gasteiger partial charge is 0.369 e. The lowest BCUT2D eigenvalue weighted by molar-refractivity contribution is 0.271. The molecular weight excluding hydrogens is 298 g/mol. The molecule has 0 aliphatic carbocycles. The number of hydrogen-bond acceptors (Lipinski definition) is 5. The smallest absolute Gasteiger partial charge is 0.142 e. The number of aryl methyl sites for hydroxylation is 1. The summed E-state index contributed by atoms with van der Waals surface area (Å²) in [6.45, 7) is 9.85. The molecule has 1 aliphatic heterocycles. The van der Waals surface area contributed by atoms with E-state index in [0.29, 0.717) is 11.5 Å². The summed E-state index contributed by atoms with van der Waals surface area (Å²) in [7, 11) is 0. The molecule has 1 N–H and O–H groups in total. The molecule has 1 aliphatic rings. The maximum Gasteiger partial charge on any atom is 0.142 e. The third-order valence-corrected chi connectivity index (χ3v) is 4.52. The second-order valence-electron chi connectivity index (χ2n) is 6.07. The number of nitriles is 1. The maximum atomic E-state index is 8.95. The van der Waals surface area contributed by atoms with Crippen LogP contribution < -0.4 is 10.2 Å². The van der Waals surface area contributed by atoms with Crippen molar-refractivity contribution in [1.82, 2.24) is 9.88 Å². The number of hydrogen-bond donors (Lipinski definition) is 1. The second kappa shape index (κ2) is 7.33. The number of nitrogens with one attached hydrogen (secondary N) is 1. The van der Waals surface area contributed by atoms with Crippen LogP contribution in [0.25, 0.3) is 0 Å². The van der Waals surface area contributed by atoms with Crippen LogP contribution in [0.5, 0.6) is 0 Å². The molecule has 5 heteroatoms. The van der Waals surface area contributed by atoms with Crippen molar-refractivity contribution < 1.29 is 0 Å². The summed E-state index contributed by atoms with van der Waals surface area (Å²) in [5.74, 6) is 0.696. The first-order chi connectivity index (χ1) is 11.7. The lowest BCUT2D eigenvalue weighted by atomic mass is 10.1. The average Bonchev–Trinajstić information content (AvgIpc) is 2.63.